The van der Waals surface area contributed by atoms with Gasteiger partial charge >= 0.3 is 12.1 Å². The van der Waals surface area contributed by atoms with Crippen LogP contribution < -0.4 is 0 Å². The Labute approximate surface area is 118 Å². The van der Waals surface area contributed by atoms with E-state index in [4.69, 9.17) is 16.9 Å². The fourth-order valence-electron chi connectivity index (χ4n) is 1.68. The third kappa shape index (κ3) is 3.87. The number of hydrogen-bond donors (Lipinski definition) is 0. The molecule has 0 bridgehead atoms. The monoisotopic (exact) mass is 305 g/mol. The summed E-state index contributed by atoms with van der Waals surface area (Å²) in [6.45, 7) is 1.70. The summed E-state index contributed by atoms with van der Waals surface area (Å²) >= 11 is 5.47. The lowest BCUT2D eigenvalue weighted by atomic mass is 9.97. The summed E-state index contributed by atoms with van der Waals surface area (Å²) in [7, 11) is 0. The summed E-state index contributed by atoms with van der Waals surface area (Å²) in [6, 6.07) is 3.61. The van der Waals surface area contributed by atoms with Crippen molar-refractivity contribution < 1.29 is 22.7 Å². The standard InChI is InChI=1S/C13H11ClF3NO2/c1-2-20-12(19)5-8-4-11(13(15,16)17)9(6-14)3-10(8)7-18/h3-4H,2,5-6H2,1H3. The molecule has 0 saturated carbocycles. The number of carbonyl (C=O) groups is 1. The van der Waals surface area contributed by atoms with Gasteiger partial charge in [0.1, 0.15) is 0 Å². The number of rotatable bonds is 4. The molecule has 0 spiro atoms. The normalized spacial score (nSPS) is 11.0. The van der Waals surface area contributed by atoms with E-state index in [1.807, 2.05) is 0 Å². The minimum Gasteiger partial charge on any atom is -0.466 e. The van der Waals surface area contributed by atoms with Crippen molar-refractivity contribution in [3.8, 4) is 6.07 Å². The predicted molar refractivity (Wildman–Crippen MR) is 66.1 cm³/mol. The van der Waals surface area contributed by atoms with Gasteiger partial charge in [-0.1, -0.05) is 0 Å². The van der Waals surface area contributed by atoms with Gasteiger partial charge in [0.05, 0.1) is 30.2 Å². The van der Waals surface area contributed by atoms with Gasteiger partial charge in [-0.2, -0.15) is 18.4 Å². The average molecular weight is 306 g/mol. The number of hydrogen-bond acceptors (Lipinski definition) is 3. The van der Waals surface area contributed by atoms with Crippen LogP contribution in [-0.4, -0.2) is 12.6 Å². The van der Waals surface area contributed by atoms with Crippen molar-refractivity contribution in [2.24, 2.45) is 0 Å². The molecule has 1 rings (SSSR count). The van der Waals surface area contributed by atoms with E-state index in [1.165, 1.54) is 0 Å². The van der Waals surface area contributed by atoms with E-state index in [2.05, 4.69) is 4.74 Å². The molecule has 0 heterocycles. The molecular formula is C13H11ClF3NO2. The van der Waals surface area contributed by atoms with Crippen LogP contribution in [0.4, 0.5) is 13.2 Å². The zero-order valence-electron chi connectivity index (χ0n) is 10.6. The molecular weight excluding hydrogens is 295 g/mol. The highest BCUT2D eigenvalue weighted by molar-refractivity contribution is 6.17. The molecule has 0 atom stereocenters. The first-order valence-corrected chi connectivity index (χ1v) is 6.21. The summed E-state index contributed by atoms with van der Waals surface area (Å²) in [5, 5.41) is 8.95. The van der Waals surface area contributed by atoms with Gasteiger partial charge in [0, 0.05) is 5.88 Å². The summed E-state index contributed by atoms with van der Waals surface area (Å²) in [5.41, 5.74) is -1.16. The first kappa shape index (κ1) is 16.3. The summed E-state index contributed by atoms with van der Waals surface area (Å²) in [6.07, 6.45) is -4.98. The Morgan fingerprint density at radius 2 is 2.05 bits per heavy atom. The Hall–Kier alpha value is -1.74. The molecule has 0 aliphatic heterocycles. The van der Waals surface area contributed by atoms with E-state index in [1.54, 1.807) is 13.0 Å². The maximum Gasteiger partial charge on any atom is 0.416 e. The first-order valence-electron chi connectivity index (χ1n) is 5.68. The molecule has 1 aromatic rings. The highest BCUT2D eigenvalue weighted by Crippen LogP contribution is 2.34. The van der Waals surface area contributed by atoms with Crippen molar-refractivity contribution in [2.75, 3.05) is 6.61 Å². The molecule has 108 valence electrons. The summed E-state index contributed by atoms with van der Waals surface area (Å²) in [5.74, 6) is -1.06. The van der Waals surface area contributed by atoms with Gasteiger partial charge in [0.25, 0.3) is 0 Å². The van der Waals surface area contributed by atoms with E-state index in [0.717, 1.165) is 12.1 Å². The van der Waals surface area contributed by atoms with Crippen molar-refractivity contribution in [1.29, 1.82) is 5.26 Å². The Morgan fingerprint density at radius 1 is 1.40 bits per heavy atom. The van der Waals surface area contributed by atoms with E-state index in [9.17, 15) is 18.0 Å². The molecule has 0 N–H and O–H groups in total. The Bertz CT molecular complexity index is 550. The van der Waals surface area contributed by atoms with E-state index in [-0.39, 0.29) is 35.6 Å². The Kier molecular flexibility index (Phi) is 5.40. The van der Waals surface area contributed by atoms with Crippen LogP contribution in [0.25, 0.3) is 0 Å². The number of alkyl halides is 4. The van der Waals surface area contributed by atoms with E-state index < -0.39 is 17.7 Å². The van der Waals surface area contributed by atoms with Crippen LogP contribution in [0.5, 0.6) is 0 Å². The van der Waals surface area contributed by atoms with Crippen LogP contribution in [0.2, 0.25) is 0 Å². The number of ether oxygens (including phenoxy) is 1. The molecule has 0 amide bonds. The topological polar surface area (TPSA) is 50.1 Å². The second-order valence-corrected chi connectivity index (χ2v) is 4.16. The minimum absolute atomic E-state index is 0.0123. The van der Waals surface area contributed by atoms with Gasteiger partial charge in [-0.15, -0.1) is 11.6 Å². The number of halogens is 4. The van der Waals surface area contributed by atoms with Gasteiger partial charge < -0.3 is 4.74 Å². The minimum atomic E-state index is -4.60. The largest absolute Gasteiger partial charge is 0.466 e. The van der Waals surface area contributed by atoms with E-state index >= 15 is 0 Å². The lowest BCUT2D eigenvalue weighted by molar-refractivity contribution is -0.142. The van der Waals surface area contributed by atoms with Crippen molar-refractivity contribution >= 4 is 17.6 Å². The Balaban J connectivity index is 3.30. The molecule has 0 aliphatic carbocycles. The maximum atomic E-state index is 12.9. The smallest absolute Gasteiger partial charge is 0.416 e. The molecule has 0 saturated heterocycles. The van der Waals surface area contributed by atoms with Crippen molar-refractivity contribution in [1.82, 2.24) is 0 Å². The van der Waals surface area contributed by atoms with Crippen LogP contribution in [0.15, 0.2) is 12.1 Å². The summed E-state index contributed by atoms with van der Waals surface area (Å²) < 4.78 is 43.3. The second kappa shape index (κ2) is 6.62. The lowest BCUT2D eigenvalue weighted by Crippen LogP contribution is -2.13. The van der Waals surface area contributed by atoms with Gasteiger partial charge in [-0.05, 0) is 30.2 Å². The van der Waals surface area contributed by atoms with Crippen LogP contribution >= 0.6 is 11.6 Å². The highest BCUT2D eigenvalue weighted by atomic mass is 35.5. The molecule has 1 aromatic carbocycles. The SMILES string of the molecule is CCOC(=O)Cc1cc(C(F)(F)F)c(CCl)cc1C#N. The molecule has 0 radical (unpaired) electrons. The zero-order chi connectivity index (χ0) is 15.3. The van der Waals surface area contributed by atoms with Crippen molar-refractivity contribution in [3.05, 3.63) is 34.4 Å². The summed E-state index contributed by atoms with van der Waals surface area (Å²) in [4.78, 5) is 11.4. The molecule has 0 unspecified atom stereocenters. The third-order valence-electron chi connectivity index (χ3n) is 2.54. The van der Waals surface area contributed by atoms with Gasteiger partial charge in [-0.3, -0.25) is 4.79 Å². The van der Waals surface area contributed by atoms with Crippen LogP contribution in [0.3, 0.4) is 0 Å². The van der Waals surface area contributed by atoms with Crippen LogP contribution in [-0.2, 0) is 28.0 Å². The number of esters is 1. The third-order valence-corrected chi connectivity index (χ3v) is 2.83. The molecule has 7 heteroatoms. The maximum absolute atomic E-state index is 12.9. The molecule has 0 fully saturated rings. The fourth-order valence-corrected chi connectivity index (χ4v) is 1.90. The predicted octanol–water partition coefficient (Wildman–Crippen LogP) is 3.42. The molecule has 0 aromatic heterocycles. The molecule has 20 heavy (non-hydrogen) atoms. The Morgan fingerprint density at radius 3 is 2.50 bits per heavy atom. The average Bonchev–Trinajstić information content (AvgIpc) is 2.37. The number of nitrogens with zero attached hydrogens (tertiary/aromatic N) is 1. The van der Waals surface area contributed by atoms with Gasteiger partial charge in [-0.25, -0.2) is 0 Å². The van der Waals surface area contributed by atoms with Gasteiger partial charge in [0.2, 0.25) is 0 Å². The fraction of sp³-hybridized carbons (Fsp3) is 0.385. The number of benzene rings is 1. The number of carbonyl (C=O) groups excluding carboxylic acids is 1. The van der Waals surface area contributed by atoms with Crippen molar-refractivity contribution in [3.63, 3.8) is 0 Å². The molecule has 3 nitrogen and oxygen atoms in total. The lowest BCUT2D eigenvalue weighted by Gasteiger charge is -2.14. The zero-order valence-corrected chi connectivity index (χ0v) is 11.3. The second-order valence-electron chi connectivity index (χ2n) is 3.89. The van der Waals surface area contributed by atoms with Crippen molar-refractivity contribution in [2.45, 2.75) is 25.4 Å². The van der Waals surface area contributed by atoms with E-state index in [0.29, 0.717) is 0 Å². The van der Waals surface area contributed by atoms with Gasteiger partial charge in [0.15, 0.2) is 0 Å². The molecule has 0 aliphatic rings. The first-order chi connectivity index (χ1) is 9.33. The highest BCUT2D eigenvalue weighted by Gasteiger charge is 2.34. The van der Waals surface area contributed by atoms with Crippen LogP contribution in [0.1, 0.15) is 29.2 Å². The number of nitriles is 1. The van der Waals surface area contributed by atoms with Crippen LogP contribution in [0, 0.1) is 11.3 Å². The quantitative estimate of drug-likeness (QED) is 0.632.